The SMILES string of the molecule is Cc1ccc(OC(=O)CCN2C(=O)CSc3ccccc32)cc1. The topological polar surface area (TPSA) is 46.6 Å². The van der Waals surface area contributed by atoms with E-state index in [0.717, 1.165) is 16.1 Å². The number of fused-ring (bicyclic) bond motifs is 1. The first-order chi connectivity index (χ1) is 11.1. The highest BCUT2D eigenvalue weighted by molar-refractivity contribution is 8.00. The number of nitrogens with zero attached hydrogens (tertiary/aromatic N) is 1. The van der Waals surface area contributed by atoms with E-state index >= 15 is 0 Å². The predicted molar refractivity (Wildman–Crippen MR) is 91.0 cm³/mol. The van der Waals surface area contributed by atoms with Gasteiger partial charge in [0.15, 0.2) is 0 Å². The van der Waals surface area contributed by atoms with Crippen molar-refractivity contribution >= 4 is 29.3 Å². The second kappa shape index (κ2) is 6.87. The molecule has 4 nitrogen and oxygen atoms in total. The van der Waals surface area contributed by atoms with Crippen LogP contribution >= 0.6 is 11.8 Å². The Kier molecular flexibility index (Phi) is 4.67. The molecule has 0 bridgehead atoms. The van der Waals surface area contributed by atoms with E-state index in [0.29, 0.717) is 18.0 Å². The highest BCUT2D eigenvalue weighted by Gasteiger charge is 2.24. The lowest BCUT2D eigenvalue weighted by atomic mass is 10.2. The third-order valence-corrected chi connectivity index (χ3v) is 4.65. The van der Waals surface area contributed by atoms with E-state index in [2.05, 4.69) is 0 Å². The molecule has 1 heterocycles. The molecular weight excluding hydrogens is 310 g/mol. The Morgan fingerprint density at radius 1 is 1.17 bits per heavy atom. The minimum Gasteiger partial charge on any atom is -0.426 e. The molecule has 2 aromatic rings. The van der Waals surface area contributed by atoms with Crippen LogP contribution in [0.2, 0.25) is 0 Å². The number of ether oxygens (including phenoxy) is 1. The molecule has 118 valence electrons. The molecule has 1 amide bonds. The zero-order valence-corrected chi connectivity index (χ0v) is 13.6. The number of hydrogen-bond donors (Lipinski definition) is 0. The van der Waals surface area contributed by atoms with Crippen LogP contribution in [0.15, 0.2) is 53.4 Å². The summed E-state index contributed by atoms with van der Waals surface area (Å²) in [5, 5.41) is 0. The molecule has 23 heavy (non-hydrogen) atoms. The van der Waals surface area contributed by atoms with E-state index in [9.17, 15) is 9.59 Å². The van der Waals surface area contributed by atoms with Crippen LogP contribution < -0.4 is 9.64 Å². The average Bonchev–Trinajstić information content (AvgIpc) is 2.56. The summed E-state index contributed by atoms with van der Waals surface area (Å²) in [5.74, 6) is 0.625. The largest absolute Gasteiger partial charge is 0.426 e. The summed E-state index contributed by atoms with van der Waals surface area (Å²) in [6, 6.07) is 15.1. The molecule has 0 N–H and O–H groups in total. The van der Waals surface area contributed by atoms with Crippen LogP contribution in [0.3, 0.4) is 0 Å². The molecule has 0 fully saturated rings. The quantitative estimate of drug-likeness (QED) is 0.637. The van der Waals surface area contributed by atoms with Gasteiger partial charge in [0.05, 0.1) is 17.9 Å². The van der Waals surface area contributed by atoms with Gasteiger partial charge in [0.1, 0.15) is 5.75 Å². The standard InChI is InChI=1S/C18H17NO3S/c1-13-6-8-14(9-7-13)22-18(21)10-11-19-15-4-2-3-5-16(15)23-12-17(19)20/h2-9H,10-12H2,1H3. The second-order valence-electron chi connectivity index (χ2n) is 5.34. The summed E-state index contributed by atoms with van der Waals surface area (Å²) in [6.45, 7) is 2.31. The lowest BCUT2D eigenvalue weighted by Crippen LogP contribution is -2.37. The molecule has 0 spiro atoms. The Labute approximate surface area is 139 Å². The zero-order valence-electron chi connectivity index (χ0n) is 12.8. The number of hydrogen-bond acceptors (Lipinski definition) is 4. The Balaban J connectivity index is 1.62. The predicted octanol–water partition coefficient (Wildman–Crippen LogP) is 3.43. The van der Waals surface area contributed by atoms with Crippen molar-refractivity contribution in [2.75, 3.05) is 17.2 Å². The number of carbonyl (C=O) groups excluding carboxylic acids is 2. The Morgan fingerprint density at radius 2 is 1.91 bits per heavy atom. The number of thioether (sulfide) groups is 1. The van der Waals surface area contributed by atoms with Crippen molar-refractivity contribution in [3.63, 3.8) is 0 Å². The van der Waals surface area contributed by atoms with Gasteiger partial charge in [-0.15, -0.1) is 11.8 Å². The van der Waals surface area contributed by atoms with E-state index in [1.807, 2.05) is 43.3 Å². The van der Waals surface area contributed by atoms with Crippen LogP contribution in [0.5, 0.6) is 5.75 Å². The maximum Gasteiger partial charge on any atom is 0.312 e. The molecule has 2 aromatic carbocycles. The second-order valence-corrected chi connectivity index (χ2v) is 6.36. The minimum atomic E-state index is -0.336. The lowest BCUT2D eigenvalue weighted by molar-refractivity contribution is -0.134. The fourth-order valence-electron chi connectivity index (χ4n) is 2.39. The number of aryl methyl sites for hydroxylation is 1. The zero-order chi connectivity index (χ0) is 16.2. The van der Waals surface area contributed by atoms with Gasteiger partial charge in [-0.1, -0.05) is 29.8 Å². The van der Waals surface area contributed by atoms with Crippen LogP contribution in [0.25, 0.3) is 0 Å². The van der Waals surface area contributed by atoms with Gasteiger partial charge in [-0.05, 0) is 31.2 Å². The summed E-state index contributed by atoms with van der Waals surface area (Å²) >= 11 is 1.53. The first kappa shape index (κ1) is 15.6. The molecule has 1 aliphatic heterocycles. The number of rotatable bonds is 4. The highest BCUT2D eigenvalue weighted by Crippen LogP contribution is 2.34. The van der Waals surface area contributed by atoms with Gasteiger partial charge in [-0.25, -0.2) is 0 Å². The summed E-state index contributed by atoms with van der Waals surface area (Å²) in [6.07, 6.45) is 0.165. The van der Waals surface area contributed by atoms with E-state index in [1.165, 1.54) is 11.8 Å². The Hall–Kier alpha value is -2.27. The molecular formula is C18H17NO3S. The molecule has 3 rings (SSSR count). The first-order valence-electron chi connectivity index (χ1n) is 7.43. The van der Waals surface area contributed by atoms with Gasteiger partial charge >= 0.3 is 5.97 Å². The van der Waals surface area contributed by atoms with Gasteiger partial charge in [-0.3, -0.25) is 9.59 Å². The van der Waals surface area contributed by atoms with E-state index in [1.54, 1.807) is 17.0 Å². The molecule has 0 unspecified atom stereocenters. The molecule has 0 saturated heterocycles. The van der Waals surface area contributed by atoms with Gasteiger partial charge in [0.25, 0.3) is 0 Å². The molecule has 0 radical (unpaired) electrons. The number of carbonyl (C=O) groups is 2. The summed E-state index contributed by atoms with van der Waals surface area (Å²) < 4.78 is 5.30. The number of esters is 1. The van der Waals surface area contributed by atoms with Crippen molar-refractivity contribution in [3.05, 3.63) is 54.1 Å². The number of anilines is 1. The average molecular weight is 327 g/mol. The number of benzene rings is 2. The molecule has 0 aliphatic carbocycles. The van der Waals surface area contributed by atoms with Gasteiger partial charge < -0.3 is 9.64 Å². The Morgan fingerprint density at radius 3 is 2.70 bits per heavy atom. The van der Waals surface area contributed by atoms with Gasteiger partial charge in [0.2, 0.25) is 5.91 Å². The van der Waals surface area contributed by atoms with Crippen molar-refractivity contribution in [2.45, 2.75) is 18.2 Å². The lowest BCUT2D eigenvalue weighted by Gasteiger charge is -2.28. The summed E-state index contributed by atoms with van der Waals surface area (Å²) in [5.41, 5.74) is 1.98. The van der Waals surface area contributed by atoms with Crippen LogP contribution in [0.4, 0.5) is 5.69 Å². The molecule has 1 aliphatic rings. The molecule has 0 aromatic heterocycles. The third-order valence-electron chi connectivity index (χ3n) is 3.60. The van der Waals surface area contributed by atoms with Crippen molar-refractivity contribution in [3.8, 4) is 5.75 Å². The fourth-order valence-corrected chi connectivity index (χ4v) is 3.33. The van der Waals surface area contributed by atoms with Crippen LogP contribution in [-0.4, -0.2) is 24.2 Å². The van der Waals surface area contributed by atoms with E-state index < -0.39 is 0 Å². The van der Waals surface area contributed by atoms with E-state index in [4.69, 9.17) is 4.74 Å². The van der Waals surface area contributed by atoms with Crippen molar-refractivity contribution in [1.29, 1.82) is 0 Å². The van der Waals surface area contributed by atoms with Crippen molar-refractivity contribution in [2.24, 2.45) is 0 Å². The summed E-state index contributed by atoms with van der Waals surface area (Å²) in [7, 11) is 0. The van der Waals surface area contributed by atoms with Crippen LogP contribution in [0, 0.1) is 6.92 Å². The number of amides is 1. The summed E-state index contributed by atoms with van der Waals surface area (Å²) in [4.78, 5) is 26.8. The van der Waals surface area contributed by atoms with Gasteiger partial charge in [-0.2, -0.15) is 0 Å². The smallest absolute Gasteiger partial charge is 0.312 e. The molecule has 0 saturated carbocycles. The minimum absolute atomic E-state index is 0.0248. The maximum absolute atomic E-state index is 12.1. The van der Waals surface area contributed by atoms with Gasteiger partial charge in [0, 0.05) is 11.4 Å². The Bertz CT molecular complexity index is 727. The maximum atomic E-state index is 12.1. The van der Waals surface area contributed by atoms with E-state index in [-0.39, 0.29) is 18.3 Å². The molecule has 0 atom stereocenters. The normalized spacial score (nSPS) is 13.6. The first-order valence-corrected chi connectivity index (χ1v) is 8.41. The highest BCUT2D eigenvalue weighted by atomic mass is 32.2. The van der Waals surface area contributed by atoms with Crippen LogP contribution in [-0.2, 0) is 9.59 Å². The molecule has 5 heteroatoms. The van der Waals surface area contributed by atoms with Crippen molar-refractivity contribution < 1.29 is 14.3 Å². The third kappa shape index (κ3) is 3.74. The van der Waals surface area contributed by atoms with Crippen molar-refractivity contribution in [1.82, 2.24) is 0 Å². The monoisotopic (exact) mass is 327 g/mol. The fraction of sp³-hybridized carbons (Fsp3) is 0.222. The number of para-hydroxylation sites is 1. The van der Waals surface area contributed by atoms with Crippen LogP contribution in [0.1, 0.15) is 12.0 Å².